The lowest BCUT2D eigenvalue weighted by molar-refractivity contribution is 0.0696. The second-order valence-corrected chi connectivity index (χ2v) is 4.35. The Morgan fingerprint density at radius 3 is 2.44 bits per heavy atom. The summed E-state index contributed by atoms with van der Waals surface area (Å²) in [7, 11) is 0. The van der Waals surface area contributed by atoms with Gasteiger partial charge in [0, 0.05) is 13.1 Å². The van der Waals surface area contributed by atoms with E-state index in [0.29, 0.717) is 13.1 Å². The van der Waals surface area contributed by atoms with Crippen LogP contribution in [0, 0.1) is 11.6 Å². The summed E-state index contributed by atoms with van der Waals surface area (Å²) in [5.41, 5.74) is 0.521. The largest absolute Gasteiger partial charge is 0.478 e. The zero-order chi connectivity index (χ0) is 13.3. The van der Waals surface area contributed by atoms with Crippen LogP contribution in [0.15, 0.2) is 23.8 Å². The van der Waals surface area contributed by atoms with Crippen LogP contribution in [-0.2, 0) is 0 Å². The topological polar surface area (TPSA) is 40.5 Å². The number of carboxylic acids is 1. The van der Waals surface area contributed by atoms with Crippen molar-refractivity contribution >= 4 is 11.7 Å². The molecule has 0 amide bonds. The zero-order valence-electron chi connectivity index (χ0n) is 9.91. The number of anilines is 1. The molecule has 1 heterocycles. The lowest BCUT2D eigenvalue weighted by atomic mass is 10.1. The van der Waals surface area contributed by atoms with Crippen molar-refractivity contribution in [2.45, 2.75) is 13.3 Å². The maximum Gasteiger partial charge on any atom is 0.335 e. The second kappa shape index (κ2) is 4.76. The average molecular weight is 253 g/mol. The molecule has 0 radical (unpaired) electrons. The highest BCUT2D eigenvalue weighted by Crippen LogP contribution is 2.27. The Kier molecular flexibility index (Phi) is 3.32. The summed E-state index contributed by atoms with van der Waals surface area (Å²) >= 11 is 0. The molecule has 0 unspecified atom stereocenters. The molecular weight excluding hydrogens is 240 g/mol. The lowest BCUT2D eigenvalue weighted by Gasteiger charge is -2.29. The molecule has 0 saturated heterocycles. The number of benzene rings is 1. The van der Waals surface area contributed by atoms with Crippen molar-refractivity contribution in [3.05, 3.63) is 41.0 Å². The average Bonchev–Trinajstić information content (AvgIpc) is 2.27. The van der Waals surface area contributed by atoms with Gasteiger partial charge >= 0.3 is 5.97 Å². The fourth-order valence-electron chi connectivity index (χ4n) is 2.09. The van der Waals surface area contributed by atoms with Crippen LogP contribution in [0.4, 0.5) is 14.5 Å². The van der Waals surface area contributed by atoms with Gasteiger partial charge in [0.1, 0.15) is 17.3 Å². The number of halogens is 2. The number of carboxylic acid groups (broad SMARTS) is 1. The van der Waals surface area contributed by atoms with Gasteiger partial charge in [-0.05, 0) is 25.5 Å². The van der Waals surface area contributed by atoms with E-state index in [2.05, 4.69) is 0 Å². The molecule has 1 N–H and O–H groups in total. The third-order valence-corrected chi connectivity index (χ3v) is 2.91. The number of rotatable bonds is 2. The Labute approximate surface area is 103 Å². The Balaban J connectivity index is 2.40. The summed E-state index contributed by atoms with van der Waals surface area (Å²) in [5.74, 6) is -3.00. The van der Waals surface area contributed by atoms with Gasteiger partial charge in [0.05, 0.1) is 5.56 Å². The number of nitrogens with zero attached hydrogens (tertiary/aromatic N) is 1. The van der Waals surface area contributed by atoms with Gasteiger partial charge in [-0.2, -0.15) is 0 Å². The highest BCUT2D eigenvalue weighted by molar-refractivity contribution is 5.88. The maximum absolute atomic E-state index is 13.8. The van der Waals surface area contributed by atoms with Gasteiger partial charge in [-0.1, -0.05) is 11.6 Å². The quantitative estimate of drug-likeness (QED) is 0.824. The smallest absolute Gasteiger partial charge is 0.335 e. The van der Waals surface area contributed by atoms with Crippen molar-refractivity contribution in [2.75, 3.05) is 18.0 Å². The molecule has 0 atom stereocenters. The first-order valence-electron chi connectivity index (χ1n) is 5.62. The summed E-state index contributed by atoms with van der Waals surface area (Å²) in [4.78, 5) is 12.3. The number of aromatic carboxylic acids is 1. The van der Waals surface area contributed by atoms with E-state index in [1.54, 1.807) is 4.90 Å². The number of carbonyl (C=O) groups is 1. The van der Waals surface area contributed by atoms with E-state index in [1.807, 2.05) is 13.0 Å². The molecule has 3 nitrogen and oxygen atoms in total. The molecule has 18 heavy (non-hydrogen) atoms. The molecule has 5 heteroatoms. The molecule has 0 aromatic heterocycles. The van der Waals surface area contributed by atoms with Crippen LogP contribution in [0.2, 0.25) is 0 Å². The second-order valence-electron chi connectivity index (χ2n) is 4.35. The van der Waals surface area contributed by atoms with Gasteiger partial charge in [-0.15, -0.1) is 0 Å². The van der Waals surface area contributed by atoms with Crippen LogP contribution in [0.25, 0.3) is 0 Å². The minimum absolute atomic E-state index is 0.146. The summed E-state index contributed by atoms with van der Waals surface area (Å²) in [6, 6.07) is 1.71. The van der Waals surface area contributed by atoms with Gasteiger partial charge in [-0.3, -0.25) is 0 Å². The van der Waals surface area contributed by atoms with Crippen LogP contribution in [0.1, 0.15) is 23.7 Å². The normalized spacial score (nSPS) is 15.5. The first kappa shape index (κ1) is 12.5. The number of hydrogen-bond donors (Lipinski definition) is 1. The van der Waals surface area contributed by atoms with Gasteiger partial charge in [0.15, 0.2) is 0 Å². The Morgan fingerprint density at radius 2 is 1.94 bits per heavy atom. The molecule has 96 valence electrons. The van der Waals surface area contributed by atoms with Gasteiger partial charge in [0.25, 0.3) is 0 Å². The predicted molar refractivity (Wildman–Crippen MR) is 63.9 cm³/mol. The molecular formula is C13H13F2NO2. The van der Waals surface area contributed by atoms with Gasteiger partial charge < -0.3 is 10.0 Å². The molecule has 0 bridgehead atoms. The summed E-state index contributed by atoms with van der Waals surface area (Å²) in [6.45, 7) is 2.88. The fourth-order valence-corrected chi connectivity index (χ4v) is 2.09. The first-order chi connectivity index (χ1) is 8.49. The predicted octanol–water partition coefficient (Wildman–Crippen LogP) is 2.82. The summed E-state index contributed by atoms with van der Waals surface area (Å²) < 4.78 is 27.6. The van der Waals surface area contributed by atoms with E-state index in [9.17, 15) is 13.6 Å². The molecule has 2 rings (SSSR count). The van der Waals surface area contributed by atoms with Crippen LogP contribution in [-0.4, -0.2) is 24.2 Å². The Morgan fingerprint density at radius 1 is 1.33 bits per heavy atom. The van der Waals surface area contributed by atoms with E-state index in [1.165, 1.54) is 0 Å². The van der Waals surface area contributed by atoms with E-state index < -0.39 is 17.6 Å². The molecule has 0 aliphatic carbocycles. The highest BCUT2D eigenvalue weighted by atomic mass is 19.1. The van der Waals surface area contributed by atoms with E-state index >= 15 is 0 Å². The Hall–Kier alpha value is -1.91. The third kappa shape index (κ3) is 2.34. The van der Waals surface area contributed by atoms with E-state index in [4.69, 9.17) is 5.11 Å². The van der Waals surface area contributed by atoms with Crippen LogP contribution >= 0.6 is 0 Å². The lowest BCUT2D eigenvalue weighted by Crippen LogP contribution is -2.30. The van der Waals surface area contributed by atoms with Crippen molar-refractivity contribution in [3.8, 4) is 0 Å². The molecule has 0 spiro atoms. The molecule has 1 aromatic carbocycles. The number of hydrogen-bond acceptors (Lipinski definition) is 2. The fraction of sp³-hybridized carbons (Fsp3) is 0.308. The molecule has 1 aliphatic heterocycles. The van der Waals surface area contributed by atoms with Crippen LogP contribution in [0.3, 0.4) is 0 Å². The van der Waals surface area contributed by atoms with Crippen molar-refractivity contribution in [3.63, 3.8) is 0 Å². The van der Waals surface area contributed by atoms with Gasteiger partial charge in [-0.25, -0.2) is 13.6 Å². The van der Waals surface area contributed by atoms with E-state index in [-0.39, 0.29) is 11.3 Å². The zero-order valence-corrected chi connectivity index (χ0v) is 9.91. The van der Waals surface area contributed by atoms with Crippen molar-refractivity contribution < 1.29 is 18.7 Å². The van der Waals surface area contributed by atoms with Crippen molar-refractivity contribution in [1.82, 2.24) is 0 Å². The molecule has 0 saturated carbocycles. The molecule has 1 aromatic rings. The van der Waals surface area contributed by atoms with Crippen LogP contribution in [0.5, 0.6) is 0 Å². The van der Waals surface area contributed by atoms with E-state index in [0.717, 1.165) is 24.1 Å². The minimum atomic E-state index is -1.34. The van der Waals surface area contributed by atoms with Crippen molar-refractivity contribution in [1.29, 1.82) is 0 Å². The SMILES string of the molecule is CC1=CCCN(c2c(F)cc(C(=O)O)cc2F)C1. The van der Waals surface area contributed by atoms with Gasteiger partial charge in [0.2, 0.25) is 0 Å². The highest BCUT2D eigenvalue weighted by Gasteiger charge is 2.21. The monoisotopic (exact) mass is 253 g/mol. The molecule has 1 aliphatic rings. The van der Waals surface area contributed by atoms with Crippen LogP contribution < -0.4 is 4.90 Å². The Bertz CT molecular complexity index is 503. The first-order valence-corrected chi connectivity index (χ1v) is 5.62. The maximum atomic E-state index is 13.8. The summed E-state index contributed by atoms with van der Waals surface area (Å²) in [6.07, 6.45) is 2.75. The summed E-state index contributed by atoms with van der Waals surface area (Å²) in [5, 5.41) is 8.72. The molecule has 0 fully saturated rings. The third-order valence-electron chi connectivity index (χ3n) is 2.91. The minimum Gasteiger partial charge on any atom is -0.478 e. The standard InChI is InChI=1S/C13H13F2NO2/c1-8-3-2-4-16(7-8)12-10(14)5-9(13(17)18)6-11(12)15/h3,5-6H,2,4,7H2,1H3,(H,17,18). The van der Waals surface area contributed by atoms with Crippen molar-refractivity contribution in [2.24, 2.45) is 0 Å².